The maximum absolute atomic E-state index is 12.8. The van der Waals surface area contributed by atoms with Crippen LogP contribution in [0.15, 0.2) is 24.3 Å². The molecule has 6 nitrogen and oxygen atoms in total. The number of hydrogen-bond acceptors (Lipinski definition) is 3. The third kappa shape index (κ3) is 5.88. The lowest BCUT2D eigenvalue weighted by Crippen LogP contribution is -3.16. The number of halogens is 1. The third-order valence-corrected chi connectivity index (χ3v) is 4.69. The van der Waals surface area contributed by atoms with Gasteiger partial charge in [0.05, 0.1) is 26.2 Å². The van der Waals surface area contributed by atoms with Gasteiger partial charge in [0.2, 0.25) is 0 Å². The fourth-order valence-electron chi connectivity index (χ4n) is 2.98. The zero-order chi connectivity index (χ0) is 19.2. The highest BCUT2D eigenvalue weighted by atomic mass is 35.5. The molecule has 0 radical (unpaired) electrons. The lowest BCUT2D eigenvalue weighted by molar-refractivity contribution is -0.896. The molecule has 1 fully saturated rings. The first kappa shape index (κ1) is 20.5. The van der Waals surface area contributed by atoms with Gasteiger partial charge in [0.1, 0.15) is 5.75 Å². The van der Waals surface area contributed by atoms with Crippen molar-refractivity contribution in [2.75, 3.05) is 39.3 Å². The molecule has 7 heteroatoms. The van der Waals surface area contributed by atoms with E-state index in [1.54, 1.807) is 38.1 Å². The molecule has 1 aliphatic rings. The quantitative estimate of drug-likeness (QED) is 0.731. The van der Waals surface area contributed by atoms with Crippen LogP contribution >= 0.6 is 11.6 Å². The number of carbonyl (C=O) groups excluding carboxylic acids is 2. The van der Waals surface area contributed by atoms with E-state index in [1.165, 1.54) is 4.90 Å². The maximum Gasteiger partial charge on any atom is 0.275 e. The predicted molar refractivity (Wildman–Crippen MR) is 102 cm³/mol. The topological polar surface area (TPSA) is 63.1 Å². The van der Waals surface area contributed by atoms with Crippen LogP contribution in [0.3, 0.4) is 0 Å². The summed E-state index contributed by atoms with van der Waals surface area (Å²) in [5.41, 5.74) is -0.955. The second kappa shape index (κ2) is 9.24. The standard InChI is InChI=1S/C19H28ClN3O3/c1-4-9-21-17(24)14-22-10-12-23(13-11-22)18(25)19(2,3)26-16-7-5-15(20)6-8-16/h5-8H,4,9-14H2,1-3H3,(H,21,24)/p+1. The molecule has 0 aliphatic carbocycles. The molecule has 0 saturated carbocycles. The second-order valence-corrected chi connectivity index (χ2v) is 7.57. The van der Waals surface area contributed by atoms with Crippen LogP contribution in [-0.4, -0.2) is 61.6 Å². The molecule has 2 rings (SSSR count). The van der Waals surface area contributed by atoms with Crippen LogP contribution in [-0.2, 0) is 9.59 Å². The number of ether oxygens (including phenoxy) is 1. The van der Waals surface area contributed by atoms with E-state index < -0.39 is 5.60 Å². The molecule has 0 atom stereocenters. The molecule has 0 bridgehead atoms. The molecule has 2 N–H and O–H groups in total. The molecule has 0 aromatic heterocycles. The Kier molecular flexibility index (Phi) is 7.29. The zero-order valence-corrected chi connectivity index (χ0v) is 16.6. The highest BCUT2D eigenvalue weighted by Crippen LogP contribution is 2.22. The lowest BCUT2D eigenvalue weighted by Gasteiger charge is -2.36. The van der Waals surface area contributed by atoms with Crippen LogP contribution in [0.4, 0.5) is 0 Å². The molecule has 144 valence electrons. The summed E-state index contributed by atoms with van der Waals surface area (Å²) in [6.45, 7) is 9.56. The van der Waals surface area contributed by atoms with Gasteiger partial charge in [-0.15, -0.1) is 0 Å². The molecule has 1 aromatic rings. The van der Waals surface area contributed by atoms with Gasteiger partial charge in [-0.3, -0.25) is 9.59 Å². The monoisotopic (exact) mass is 382 g/mol. The smallest absolute Gasteiger partial charge is 0.275 e. The Labute approximate surface area is 160 Å². The number of nitrogens with zero attached hydrogens (tertiary/aromatic N) is 1. The Morgan fingerprint density at radius 1 is 1.23 bits per heavy atom. The van der Waals surface area contributed by atoms with Crippen molar-refractivity contribution < 1.29 is 19.2 Å². The first-order valence-electron chi connectivity index (χ1n) is 9.16. The summed E-state index contributed by atoms with van der Waals surface area (Å²) in [6.07, 6.45) is 0.937. The van der Waals surface area contributed by atoms with Gasteiger partial charge >= 0.3 is 0 Å². The van der Waals surface area contributed by atoms with Crippen molar-refractivity contribution >= 4 is 23.4 Å². The summed E-state index contributed by atoms with van der Waals surface area (Å²) >= 11 is 5.88. The van der Waals surface area contributed by atoms with E-state index in [0.29, 0.717) is 37.0 Å². The van der Waals surface area contributed by atoms with Crippen LogP contribution in [0, 0.1) is 0 Å². The molecule has 1 heterocycles. The van der Waals surface area contributed by atoms with Crippen molar-refractivity contribution in [3.63, 3.8) is 0 Å². The molecule has 0 unspecified atom stereocenters. The Morgan fingerprint density at radius 3 is 2.42 bits per heavy atom. The van der Waals surface area contributed by atoms with Crippen molar-refractivity contribution in [1.82, 2.24) is 10.2 Å². The minimum absolute atomic E-state index is 0.0399. The van der Waals surface area contributed by atoms with Crippen LogP contribution in [0.5, 0.6) is 5.75 Å². The Morgan fingerprint density at radius 2 is 1.85 bits per heavy atom. The lowest BCUT2D eigenvalue weighted by atomic mass is 10.1. The van der Waals surface area contributed by atoms with Crippen LogP contribution in [0.2, 0.25) is 5.02 Å². The first-order chi connectivity index (χ1) is 12.3. The summed E-state index contributed by atoms with van der Waals surface area (Å²) in [4.78, 5) is 27.7. The molecular weight excluding hydrogens is 354 g/mol. The number of quaternary nitrogens is 1. The third-order valence-electron chi connectivity index (χ3n) is 4.44. The summed E-state index contributed by atoms with van der Waals surface area (Å²) in [5, 5.41) is 3.53. The highest BCUT2D eigenvalue weighted by Gasteiger charge is 2.36. The number of nitrogens with one attached hydrogen (secondary N) is 2. The van der Waals surface area contributed by atoms with Crippen LogP contribution < -0.4 is 15.0 Å². The summed E-state index contributed by atoms with van der Waals surface area (Å²) in [7, 11) is 0. The Balaban J connectivity index is 1.84. The average molecular weight is 383 g/mol. The Bertz CT molecular complexity index is 611. The van der Waals surface area contributed by atoms with E-state index >= 15 is 0 Å². The molecular formula is C19H29ClN3O3+. The summed E-state index contributed by atoms with van der Waals surface area (Å²) in [5.74, 6) is 0.652. The number of amides is 2. The number of hydrogen-bond donors (Lipinski definition) is 2. The molecule has 1 aliphatic heterocycles. The van der Waals surface area contributed by atoms with Gasteiger partial charge in [-0.2, -0.15) is 0 Å². The van der Waals surface area contributed by atoms with Gasteiger partial charge in [0, 0.05) is 11.6 Å². The minimum atomic E-state index is -0.955. The first-order valence-corrected chi connectivity index (χ1v) is 9.54. The number of rotatable bonds is 7. The van der Waals surface area contributed by atoms with Gasteiger partial charge in [-0.05, 0) is 44.5 Å². The van der Waals surface area contributed by atoms with Gasteiger partial charge < -0.3 is 19.9 Å². The van der Waals surface area contributed by atoms with E-state index in [-0.39, 0.29) is 11.8 Å². The van der Waals surface area contributed by atoms with Gasteiger partial charge in [0.15, 0.2) is 12.1 Å². The fraction of sp³-hybridized carbons (Fsp3) is 0.579. The summed E-state index contributed by atoms with van der Waals surface area (Å²) < 4.78 is 5.89. The van der Waals surface area contributed by atoms with Crippen molar-refractivity contribution in [2.45, 2.75) is 32.8 Å². The molecule has 26 heavy (non-hydrogen) atoms. The van der Waals surface area contributed by atoms with E-state index in [1.807, 2.05) is 11.8 Å². The predicted octanol–water partition coefficient (Wildman–Crippen LogP) is 0.751. The van der Waals surface area contributed by atoms with Crippen molar-refractivity contribution in [3.8, 4) is 5.75 Å². The average Bonchev–Trinajstić information content (AvgIpc) is 2.62. The van der Waals surface area contributed by atoms with Crippen molar-refractivity contribution in [1.29, 1.82) is 0 Å². The van der Waals surface area contributed by atoms with Crippen LogP contribution in [0.25, 0.3) is 0 Å². The SMILES string of the molecule is CCCNC(=O)C[NH+]1CCN(C(=O)C(C)(C)Oc2ccc(Cl)cc2)CC1. The molecule has 1 aromatic carbocycles. The van der Waals surface area contributed by atoms with E-state index in [9.17, 15) is 9.59 Å². The molecule has 2 amide bonds. The van der Waals surface area contributed by atoms with Crippen LogP contribution in [0.1, 0.15) is 27.2 Å². The van der Waals surface area contributed by atoms with Gasteiger partial charge in [-0.25, -0.2) is 0 Å². The number of piperazine rings is 1. The van der Waals surface area contributed by atoms with E-state index in [2.05, 4.69) is 5.32 Å². The van der Waals surface area contributed by atoms with Crippen molar-refractivity contribution in [3.05, 3.63) is 29.3 Å². The Hall–Kier alpha value is -1.79. The van der Waals surface area contributed by atoms with E-state index in [0.717, 1.165) is 19.5 Å². The second-order valence-electron chi connectivity index (χ2n) is 7.14. The maximum atomic E-state index is 12.8. The zero-order valence-electron chi connectivity index (χ0n) is 15.8. The highest BCUT2D eigenvalue weighted by molar-refractivity contribution is 6.30. The van der Waals surface area contributed by atoms with Crippen molar-refractivity contribution in [2.24, 2.45) is 0 Å². The molecule has 0 spiro atoms. The van der Waals surface area contributed by atoms with Gasteiger partial charge in [-0.1, -0.05) is 18.5 Å². The number of carbonyl (C=O) groups is 2. The van der Waals surface area contributed by atoms with E-state index in [4.69, 9.17) is 16.3 Å². The minimum Gasteiger partial charge on any atom is -0.478 e. The number of benzene rings is 1. The van der Waals surface area contributed by atoms with Gasteiger partial charge in [0.25, 0.3) is 11.8 Å². The summed E-state index contributed by atoms with van der Waals surface area (Å²) in [6, 6.07) is 7.00. The molecule has 1 saturated heterocycles. The fourth-order valence-corrected chi connectivity index (χ4v) is 3.10. The normalized spacial score (nSPS) is 15.6. The largest absolute Gasteiger partial charge is 0.478 e.